The lowest BCUT2D eigenvalue weighted by Gasteiger charge is -2.11. The first-order valence-corrected chi connectivity index (χ1v) is 9.32. The molecule has 0 radical (unpaired) electrons. The zero-order valence-corrected chi connectivity index (χ0v) is 16.7. The number of anilines is 1. The van der Waals surface area contributed by atoms with E-state index in [1.54, 1.807) is 6.20 Å². The van der Waals surface area contributed by atoms with Gasteiger partial charge in [-0.25, -0.2) is 4.68 Å². The highest BCUT2D eigenvalue weighted by Gasteiger charge is 2.15. The van der Waals surface area contributed by atoms with Gasteiger partial charge in [-0.05, 0) is 23.4 Å². The van der Waals surface area contributed by atoms with Crippen LogP contribution in [-0.4, -0.2) is 49.6 Å². The molecule has 0 atom stereocenters. The van der Waals surface area contributed by atoms with E-state index in [0.717, 1.165) is 5.56 Å². The van der Waals surface area contributed by atoms with E-state index in [2.05, 4.69) is 30.6 Å². The number of hydrogen-bond donors (Lipinski definition) is 1. The molecular weight excluding hydrogens is 424 g/mol. The molecule has 2 aromatic carbocycles. The highest BCUT2D eigenvalue weighted by molar-refractivity contribution is 6.02. The molecule has 1 amide bonds. The van der Waals surface area contributed by atoms with Gasteiger partial charge in [0.1, 0.15) is 0 Å². The van der Waals surface area contributed by atoms with Gasteiger partial charge in [0.05, 0.1) is 7.11 Å². The van der Waals surface area contributed by atoms with Crippen LogP contribution in [0.3, 0.4) is 0 Å². The molecule has 4 aromatic rings. The number of rotatable bonds is 8. The molecule has 0 bridgehead atoms. The molecule has 2 aromatic heterocycles. The topological polar surface area (TPSA) is 109 Å². The number of nitrogens with one attached hydrogen (secondary N) is 1. The first-order valence-electron chi connectivity index (χ1n) is 9.32. The Balaban J connectivity index is 1.41. The molecule has 0 aliphatic heterocycles. The number of methoxy groups -OCH3 is 1. The number of aromatic nitrogens is 6. The van der Waals surface area contributed by atoms with Crippen molar-refractivity contribution >= 4 is 11.6 Å². The Morgan fingerprint density at radius 2 is 1.91 bits per heavy atom. The Bertz CT molecular complexity index is 1210. The van der Waals surface area contributed by atoms with Crippen LogP contribution in [-0.2, 0) is 6.67 Å². The Hall–Kier alpha value is -4.35. The highest BCUT2D eigenvalue weighted by Crippen LogP contribution is 2.31. The standard InChI is InChI=1S/C20H17F2N7O3/c1-31-17-11-14(7-8-16(17)32-20(21)22)23-19(30)15-9-10-28(25-15)12-29-26-18(24-27-29)13-5-3-2-4-6-13/h2-11,20H,12H2,1H3,(H,23,30). The molecule has 0 fully saturated rings. The molecule has 0 unspecified atom stereocenters. The molecule has 0 saturated carbocycles. The van der Waals surface area contributed by atoms with E-state index in [0.29, 0.717) is 11.5 Å². The van der Waals surface area contributed by atoms with E-state index in [4.69, 9.17) is 4.74 Å². The largest absolute Gasteiger partial charge is 0.493 e. The molecule has 0 aliphatic rings. The van der Waals surface area contributed by atoms with Gasteiger partial charge in [-0.1, -0.05) is 30.3 Å². The maximum absolute atomic E-state index is 12.5. The SMILES string of the molecule is COc1cc(NC(=O)c2ccn(Cn3nnc(-c4ccccc4)n3)n2)ccc1OC(F)F. The monoisotopic (exact) mass is 441 g/mol. The average Bonchev–Trinajstić information content (AvgIpc) is 3.45. The number of tetrazole rings is 1. The minimum Gasteiger partial charge on any atom is -0.493 e. The van der Waals surface area contributed by atoms with Gasteiger partial charge in [0.2, 0.25) is 5.82 Å². The van der Waals surface area contributed by atoms with Crippen molar-refractivity contribution in [1.29, 1.82) is 0 Å². The van der Waals surface area contributed by atoms with Crippen LogP contribution in [0.1, 0.15) is 10.5 Å². The molecule has 2 heterocycles. The number of carbonyl (C=O) groups excluding carboxylic acids is 1. The van der Waals surface area contributed by atoms with Crippen molar-refractivity contribution in [1.82, 2.24) is 30.0 Å². The predicted octanol–water partition coefficient (Wildman–Crippen LogP) is 2.90. The number of benzene rings is 2. The summed E-state index contributed by atoms with van der Waals surface area (Å²) in [5, 5.41) is 19.1. The Morgan fingerprint density at radius 3 is 2.66 bits per heavy atom. The van der Waals surface area contributed by atoms with Gasteiger partial charge >= 0.3 is 6.61 Å². The molecule has 32 heavy (non-hydrogen) atoms. The minimum absolute atomic E-state index is 0.0557. The van der Waals surface area contributed by atoms with E-state index in [1.807, 2.05) is 30.3 Å². The highest BCUT2D eigenvalue weighted by atomic mass is 19.3. The summed E-state index contributed by atoms with van der Waals surface area (Å²) in [6.45, 7) is -2.84. The number of ether oxygens (including phenoxy) is 2. The summed E-state index contributed by atoms with van der Waals surface area (Å²) < 4.78 is 35.8. The van der Waals surface area contributed by atoms with Crippen molar-refractivity contribution in [2.24, 2.45) is 0 Å². The number of hydrogen-bond acceptors (Lipinski definition) is 7. The van der Waals surface area contributed by atoms with Crippen molar-refractivity contribution in [2.75, 3.05) is 12.4 Å². The third-order valence-electron chi connectivity index (χ3n) is 4.27. The van der Waals surface area contributed by atoms with E-state index in [-0.39, 0.29) is 23.9 Å². The van der Waals surface area contributed by atoms with Crippen LogP contribution in [0.5, 0.6) is 11.5 Å². The zero-order chi connectivity index (χ0) is 22.5. The fourth-order valence-electron chi connectivity index (χ4n) is 2.83. The van der Waals surface area contributed by atoms with Crippen LogP contribution in [0, 0.1) is 0 Å². The number of amides is 1. The Morgan fingerprint density at radius 1 is 1.09 bits per heavy atom. The van der Waals surface area contributed by atoms with E-state index in [1.165, 1.54) is 40.9 Å². The third-order valence-corrected chi connectivity index (χ3v) is 4.27. The van der Waals surface area contributed by atoms with Gasteiger partial charge < -0.3 is 14.8 Å². The van der Waals surface area contributed by atoms with Crippen LogP contribution in [0.4, 0.5) is 14.5 Å². The Labute approximate surface area is 180 Å². The van der Waals surface area contributed by atoms with Crippen molar-refractivity contribution < 1.29 is 23.0 Å². The zero-order valence-electron chi connectivity index (χ0n) is 16.7. The fourth-order valence-corrected chi connectivity index (χ4v) is 2.83. The lowest BCUT2D eigenvalue weighted by Crippen LogP contribution is -2.16. The molecule has 0 spiro atoms. The summed E-state index contributed by atoms with van der Waals surface area (Å²) in [6, 6.07) is 15.0. The molecule has 0 aliphatic carbocycles. The summed E-state index contributed by atoms with van der Waals surface area (Å²) in [7, 11) is 1.31. The summed E-state index contributed by atoms with van der Waals surface area (Å²) in [5.74, 6) is -0.103. The molecule has 12 heteroatoms. The van der Waals surface area contributed by atoms with Gasteiger partial charge in [0, 0.05) is 23.5 Å². The molecule has 4 rings (SSSR count). The predicted molar refractivity (Wildman–Crippen MR) is 108 cm³/mol. The second kappa shape index (κ2) is 9.20. The smallest absolute Gasteiger partial charge is 0.387 e. The number of alkyl halides is 2. The first kappa shape index (κ1) is 20.9. The second-order valence-corrected chi connectivity index (χ2v) is 6.43. The van der Waals surface area contributed by atoms with Crippen molar-refractivity contribution in [2.45, 2.75) is 13.3 Å². The van der Waals surface area contributed by atoms with E-state index >= 15 is 0 Å². The van der Waals surface area contributed by atoms with Crippen molar-refractivity contribution in [3.05, 3.63) is 66.5 Å². The lowest BCUT2D eigenvalue weighted by atomic mass is 10.2. The van der Waals surface area contributed by atoms with E-state index < -0.39 is 12.5 Å². The average molecular weight is 441 g/mol. The quantitative estimate of drug-likeness (QED) is 0.448. The summed E-state index contributed by atoms with van der Waals surface area (Å²) in [6.07, 6.45) is 1.60. The number of halogens is 2. The van der Waals surface area contributed by atoms with Gasteiger partial charge in [0.25, 0.3) is 5.91 Å². The molecule has 1 N–H and O–H groups in total. The summed E-state index contributed by atoms with van der Waals surface area (Å²) in [5.41, 5.74) is 1.30. The van der Waals surface area contributed by atoms with Crippen molar-refractivity contribution in [3.63, 3.8) is 0 Å². The van der Waals surface area contributed by atoms with Crippen LogP contribution in [0.2, 0.25) is 0 Å². The molecule has 10 nitrogen and oxygen atoms in total. The summed E-state index contributed by atoms with van der Waals surface area (Å²) in [4.78, 5) is 13.9. The minimum atomic E-state index is -2.99. The van der Waals surface area contributed by atoms with Gasteiger partial charge in [-0.2, -0.15) is 13.9 Å². The maximum atomic E-state index is 12.5. The van der Waals surface area contributed by atoms with Crippen LogP contribution in [0.15, 0.2) is 60.8 Å². The van der Waals surface area contributed by atoms with E-state index in [9.17, 15) is 13.6 Å². The molecular formula is C20H17F2N7O3. The summed E-state index contributed by atoms with van der Waals surface area (Å²) >= 11 is 0. The molecule has 164 valence electrons. The van der Waals surface area contributed by atoms with Crippen LogP contribution in [0.25, 0.3) is 11.4 Å². The lowest BCUT2D eigenvalue weighted by molar-refractivity contribution is -0.0512. The number of nitrogens with zero attached hydrogens (tertiary/aromatic N) is 6. The third kappa shape index (κ3) is 4.86. The van der Waals surface area contributed by atoms with Gasteiger partial charge in [0.15, 0.2) is 23.9 Å². The normalized spacial score (nSPS) is 10.9. The van der Waals surface area contributed by atoms with Crippen molar-refractivity contribution in [3.8, 4) is 22.9 Å². The van der Waals surface area contributed by atoms with Gasteiger partial charge in [-0.15, -0.1) is 15.0 Å². The fraction of sp³-hybridized carbons (Fsp3) is 0.150. The second-order valence-electron chi connectivity index (χ2n) is 6.43. The first-order chi connectivity index (χ1) is 15.5. The maximum Gasteiger partial charge on any atom is 0.387 e. The van der Waals surface area contributed by atoms with Crippen LogP contribution >= 0.6 is 0 Å². The Kier molecular flexibility index (Phi) is 6.01. The number of carbonyl (C=O) groups is 1. The van der Waals surface area contributed by atoms with Crippen LogP contribution < -0.4 is 14.8 Å². The van der Waals surface area contributed by atoms with Gasteiger partial charge in [-0.3, -0.25) is 4.79 Å². The molecule has 0 saturated heterocycles.